The quantitative estimate of drug-likeness (QED) is 0.742. The van der Waals surface area contributed by atoms with Crippen molar-refractivity contribution in [2.45, 2.75) is 51.2 Å². The van der Waals surface area contributed by atoms with Gasteiger partial charge in [-0.3, -0.25) is 9.69 Å². The van der Waals surface area contributed by atoms with Crippen LogP contribution in [0.3, 0.4) is 0 Å². The Labute approximate surface area is 188 Å². The van der Waals surface area contributed by atoms with Gasteiger partial charge in [-0.2, -0.15) is 0 Å². The SMILES string of the molecule is CC(C)c1csc(C(=O)N2CCOC3(CCN(Cc4cccc(CCO)c4)CC3)C2)n1. The van der Waals surface area contributed by atoms with Crippen LogP contribution < -0.4 is 0 Å². The summed E-state index contributed by atoms with van der Waals surface area (Å²) in [5.41, 5.74) is 3.23. The molecule has 0 bridgehead atoms. The number of benzene rings is 1. The number of amides is 1. The number of hydrogen-bond acceptors (Lipinski definition) is 6. The highest BCUT2D eigenvalue weighted by Gasteiger charge is 2.41. The molecule has 7 heteroatoms. The molecular weight excluding hydrogens is 410 g/mol. The van der Waals surface area contributed by atoms with E-state index in [1.54, 1.807) is 0 Å². The summed E-state index contributed by atoms with van der Waals surface area (Å²) in [5.74, 6) is 0.380. The first kappa shape index (κ1) is 22.4. The fourth-order valence-corrected chi connectivity index (χ4v) is 5.44. The number of ether oxygens (including phenoxy) is 1. The Hall–Kier alpha value is -1.80. The largest absolute Gasteiger partial charge is 0.396 e. The van der Waals surface area contributed by atoms with Crippen molar-refractivity contribution in [3.05, 3.63) is 51.5 Å². The van der Waals surface area contributed by atoms with Gasteiger partial charge in [0.05, 0.1) is 24.4 Å². The lowest BCUT2D eigenvalue weighted by atomic mass is 9.89. The molecule has 0 saturated carbocycles. The van der Waals surface area contributed by atoms with Crippen molar-refractivity contribution >= 4 is 17.2 Å². The number of piperidine rings is 1. The van der Waals surface area contributed by atoms with Gasteiger partial charge in [0.15, 0.2) is 5.01 Å². The van der Waals surface area contributed by atoms with Gasteiger partial charge >= 0.3 is 0 Å². The van der Waals surface area contributed by atoms with Crippen LogP contribution in [0.2, 0.25) is 0 Å². The standard InChI is InChI=1S/C24H33N3O3S/c1-18(2)21-16-31-22(25-21)23(29)27-11-13-30-24(17-27)7-9-26(10-8-24)15-20-5-3-4-19(14-20)6-12-28/h3-5,14,16,18,28H,6-13,15,17H2,1-2H3. The molecule has 1 amide bonds. The van der Waals surface area contributed by atoms with Crippen molar-refractivity contribution in [1.82, 2.24) is 14.8 Å². The zero-order chi connectivity index (χ0) is 21.8. The molecule has 3 heterocycles. The Balaban J connectivity index is 1.34. The minimum absolute atomic E-state index is 0.0442. The molecule has 2 aromatic rings. The Morgan fingerprint density at radius 1 is 1.26 bits per heavy atom. The first-order valence-corrected chi connectivity index (χ1v) is 12.2. The maximum Gasteiger partial charge on any atom is 0.283 e. The van der Waals surface area contributed by atoms with E-state index in [1.807, 2.05) is 10.3 Å². The fraction of sp³-hybridized carbons (Fsp3) is 0.583. The zero-order valence-electron chi connectivity index (χ0n) is 18.5. The summed E-state index contributed by atoms with van der Waals surface area (Å²) < 4.78 is 6.25. The number of morpholine rings is 1. The average Bonchev–Trinajstić information content (AvgIpc) is 3.26. The molecule has 2 aliphatic heterocycles. The second-order valence-electron chi connectivity index (χ2n) is 9.06. The van der Waals surface area contributed by atoms with E-state index in [2.05, 4.69) is 48.0 Å². The van der Waals surface area contributed by atoms with Crippen LogP contribution in [0.4, 0.5) is 0 Å². The van der Waals surface area contributed by atoms with E-state index in [4.69, 9.17) is 4.74 Å². The highest BCUT2D eigenvalue weighted by molar-refractivity contribution is 7.11. The summed E-state index contributed by atoms with van der Waals surface area (Å²) in [4.78, 5) is 22.0. The predicted molar refractivity (Wildman–Crippen MR) is 123 cm³/mol. The van der Waals surface area contributed by atoms with Gasteiger partial charge in [-0.15, -0.1) is 11.3 Å². The Kier molecular flexibility index (Phi) is 7.06. The molecule has 0 atom stereocenters. The number of carbonyl (C=O) groups is 1. The number of aromatic nitrogens is 1. The van der Waals surface area contributed by atoms with Crippen LogP contribution in [0, 0.1) is 0 Å². The summed E-state index contributed by atoms with van der Waals surface area (Å²) in [6, 6.07) is 8.49. The molecule has 2 saturated heterocycles. The molecule has 168 valence electrons. The van der Waals surface area contributed by atoms with Crippen LogP contribution in [-0.4, -0.2) is 70.8 Å². The first-order valence-electron chi connectivity index (χ1n) is 11.3. The molecule has 4 rings (SSSR count). The molecule has 1 N–H and O–H groups in total. The lowest BCUT2D eigenvalue weighted by Gasteiger charge is -2.47. The maximum absolute atomic E-state index is 13.0. The van der Waals surface area contributed by atoms with Crippen LogP contribution in [0.5, 0.6) is 0 Å². The van der Waals surface area contributed by atoms with Crippen LogP contribution >= 0.6 is 11.3 Å². The van der Waals surface area contributed by atoms with Gasteiger partial charge < -0.3 is 14.7 Å². The molecule has 6 nitrogen and oxygen atoms in total. The first-order chi connectivity index (χ1) is 15.0. The van der Waals surface area contributed by atoms with Gasteiger partial charge in [-0.05, 0) is 36.3 Å². The molecule has 0 unspecified atom stereocenters. The second kappa shape index (κ2) is 9.77. The van der Waals surface area contributed by atoms with E-state index in [9.17, 15) is 9.90 Å². The van der Waals surface area contributed by atoms with E-state index in [0.29, 0.717) is 37.0 Å². The molecule has 31 heavy (non-hydrogen) atoms. The number of nitrogens with zero attached hydrogens (tertiary/aromatic N) is 3. The normalized spacial score (nSPS) is 19.3. The summed E-state index contributed by atoms with van der Waals surface area (Å²) in [7, 11) is 0. The van der Waals surface area contributed by atoms with Crippen molar-refractivity contribution in [2.75, 3.05) is 39.4 Å². The van der Waals surface area contributed by atoms with Gasteiger partial charge in [0, 0.05) is 38.2 Å². The fourth-order valence-electron chi connectivity index (χ4n) is 4.49. The van der Waals surface area contributed by atoms with E-state index in [1.165, 1.54) is 22.5 Å². The number of likely N-dealkylation sites (tertiary alicyclic amines) is 1. The van der Waals surface area contributed by atoms with Gasteiger partial charge in [-0.1, -0.05) is 38.1 Å². The number of aliphatic hydroxyl groups is 1. The molecule has 0 radical (unpaired) electrons. The van der Waals surface area contributed by atoms with Gasteiger partial charge in [0.25, 0.3) is 5.91 Å². The van der Waals surface area contributed by atoms with Crippen molar-refractivity contribution < 1.29 is 14.6 Å². The van der Waals surface area contributed by atoms with Crippen LogP contribution in [0.1, 0.15) is 59.2 Å². The van der Waals surface area contributed by atoms with E-state index in [0.717, 1.165) is 38.2 Å². The third-order valence-electron chi connectivity index (χ3n) is 6.40. The topological polar surface area (TPSA) is 65.9 Å². The van der Waals surface area contributed by atoms with Crippen LogP contribution in [-0.2, 0) is 17.7 Å². The molecular formula is C24H33N3O3S. The third-order valence-corrected chi connectivity index (χ3v) is 7.25. The molecule has 0 aliphatic carbocycles. The average molecular weight is 444 g/mol. The van der Waals surface area contributed by atoms with Crippen molar-refractivity contribution in [2.24, 2.45) is 0 Å². The van der Waals surface area contributed by atoms with E-state index in [-0.39, 0.29) is 18.1 Å². The summed E-state index contributed by atoms with van der Waals surface area (Å²) in [5, 5.41) is 11.8. The summed E-state index contributed by atoms with van der Waals surface area (Å²) >= 11 is 1.45. The highest BCUT2D eigenvalue weighted by atomic mass is 32.1. The lowest BCUT2D eigenvalue weighted by Crippen LogP contribution is -2.57. The number of carbonyl (C=O) groups excluding carboxylic acids is 1. The predicted octanol–water partition coefficient (Wildman–Crippen LogP) is 3.31. The van der Waals surface area contributed by atoms with Gasteiger partial charge in [0.2, 0.25) is 0 Å². The van der Waals surface area contributed by atoms with Crippen molar-refractivity contribution in [3.63, 3.8) is 0 Å². The zero-order valence-corrected chi connectivity index (χ0v) is 19.4. The number of hydrogen-bond donors (Lipinski definition) is 1. The molecule has 1 aromatic carbocycles. The molecule has 2 aliphatic rings. The Morgan fingerprint density at radius 3 is 2.74 bits per heavy atom. The summed E-state index contributed by atoms with van der Waals surface area (Å²) in [6.07, 6.45) is 2.57. The maximum atomic E-state index is 13.0. The lowest BCUT2D eigenvalue weighted by molar-refractivity contribution is -0.127. The molecule has 1 spiro atoms. The molecule has 2 fully saturated rings. The second-order valence-corrected chi connectivity index (χ2v) is 9.92. The number of aliphatic hydroxyl groups excluding tert-OH is 1. The smallest absolute Gasteiger partial charge is 0.283 e. The minimum atomic E-state index is -0.235. The minimum Gasteiger partial charge on any atom is -0.396 e. The number of thiazole rings is 1. The third kappa shape index (κ3) is 5.34. The van der Waals surface area contributed by atoms with Crippen molar-refractivity contribution in [1.29, 1.82) is 0 Å². The summed E-state index contributed by atoms with van der Waals surface area (Å²) in [6.45, 7) is 9.10. The number of rotatable bonds is 6. The van der Waals surface area contributed by atoms with Crippen LogP contribution in [0.25, 0.3) is 0 Å². The monoisotopic (exact) mass is 443 g/mol. The van der Waals surface area contributed by atoms with Gasteiger partial charge in [0.1, 0.15) is 0 Å². The van der Waals surface area contributed by atoms with E-state index < -0.39 is 0 Å². The molecule has 1 aromatic heterocycles. The van der Waals surface area contributed by atoms with Crippen molar-refractivity contribution in [3.8, 4) is 0 Å². The van der Waals surface area contributed by atoms with Gasteiger partial charge in [-0.25, -0.2) is 4.98 Å². The Morgan fingerprint density at radius 2 is 2.03 bits per heavy atom. The highest BCUT2D eigenvalue weighted by Crippen LogP contribution is 2.32. The van der Waals surface area contributed by atoms with E-state index >= 15 is 0 Å². The van der Waals surface area contributed by atoms with Crippen LogP contribution in [0.15, 0.2) is 29.6 Å². The Bertz CT molecular complexity index is 890.